The summed E-state index contributed by atoms with van der Waals surface area (Å²) in [6.45, 7) is 1.91. The molecule has 0 aliphatic carbocycles. The van der Waals surface area contributed by atoms with Crippen molar-refractivity contribution >= 4 is 22.9 Å². The molecule has 0 aromatic carbocycles. The van der Waals surface area contributed by atoms with Crippen molar-refractivity contribution in [1.29, 1.82) is 0 Å². The Bertz CT molecular complexity index is 184. The quantitative estimate of drug-likeness (QED) is 0.254. The predicted octanol–water partition coefficient (Wildman–Crippen LogP) is 0.161. The van der Waals surface area contributed by atoms with Crippen LogP contribution in [0.25, 0.3) is 0 Å². The first kappa shape index (κ1) is 11.1. The normalized spacial score (nSPS) is 14.2. The fourth-order valence-electron chi connectivity index (χ4n) is 0.671. The predicted molar refractivity (Wildman–Crippen MR) is 49.7 cm³/mol. The zero-order valence-electron chi connectivity index (χ0n) is 6.86. The highest BCUT2D eigenvalue weighted by atomic mass is 32.2. The minimum Gasteiger partial charge on any atom is -0.480 e. The van der Waals surface area contributed by atoms with Gasteiger partial charge in [0.1, 0.15) is 5.25 Å². The molecular weight excluding hydrogens is 178 g/mol. The standard InChI is InChI=1S/C6H13N3O2S/c1-2-3-4(5(10)11)12-6(7)9-8/h4H,2-3,8H2,1H3,(H2,7,9)(H,10,11). The summed E-state index contributed by atoms with van der Waals surface area (Å²) >= 11 is 0.981. The average molecular weight is 191 g/mol. The number of nitrogens with zero attached hydrogens (tertiary/aromatic N) is 1. The number of hydrogen-bond acceptors (Lipinski definition) is 4. The van der Waals surface area contributed by atoms with Crippen LogP contribution in [0.2, 0.25) is 0 Å². The van der Waals surface area contributed by atoms with Crippen LogP contribution in [0.3, 0.4) is 0 Å². The Morgan fingerprint density at radius 2 is 2.33 bits per heavy atom. The summed E-state index contributed by atoms with van der Waals surface area (Å²) in [5.74, 6) is 3.98. The van der Waals surface area contributed by atoms with Crippen molar-refractivity contribution in [3.8, 4) is 0 Å². The van der Waals surface area contributed by atoms with Crippen molar-refractivity contribution in [1.82, 2.24) is 0 Å². The molecule has 0 aromatic heterocycles. The Kier molecular flexibility index (Phi) is 5.27. The number of hydrazone groups is 1. The number of carbonyl (C=O) groups is 1. The van der Waals surface area contributed by atoms with Crippen LogP contribution in [0.15, 0.2) is 5.10 Å². The van der Waals surface area contributed by atoms with E-state index in [2.05, 4.69) is 5.10 Å². The van der Waals surface area contributed by atoms with Gasteiger partial charge in [-0.3, -0.25) is 4.79 Å². The molecule has 6 heteroatoms. The third-order valence-electron chi connectivity index (χ3n) is 1.22. The highest BCUT2D eigenvalue weighted by molar-refractivity contribution is 8.14. The van der Waals surface area contributed by atoms with Crippen LogP contribution in [0.1, 0.15) is 19.8 Å². The maximum atomic E-state index is 10.6. The molecule has 0 radical (unpaired) electrons. The summed E-state index contributed by atoms with van der Waals surface area (Å²) in [5.41, 5.74) is 5.27. The lowest BCUT2D eigenvalue weighted by Gasteiger charge is -2.08. The van der Waals surface area contributed by atoms with Gasteiger partial charge in [-0.15, -0.1) is 0 Å². The Labute approximate surface area is 75.2 Å². The van der Waals surface area contributed by atoms with E-state index in [0.717, 1.165) is 18.2 Å². The molecule has 0 fully saturated rings. The first-order chi connectivity index (χ1) is 5.61. The largest absolute Gasteiger partial charge is 0.480 e. The van der Waals surface area contributed by atoms with Gasteiger partial charge >= 0.3 is 5.97 Å². The molecule has 5 N–H and O–H groups in total. The number of hydrogen-bond donors (Lipinski definition) is 3. The molecule has 0 aromatic rings. The van der Waals surface area contributed by atoms with Crippen molar-refractivity contribution in [2.45, 2.75) is 25.0 Å². The maximum Gasteiger partial charge on any atom is 0.317 e. The molecule has 0 amide bonds. The highest BCUT2D eigenvalue weighted by Crippen LogP contribution is 2.15. The summed E-state index contributed by atoms with van der Waals surface area (Å²) in [7, 11) is 0. The van der Waals surface area contributed by atoms with Gasteiger partial charge in [-0.05, 0) is 6.42 Å². The molecule has 0 bridgehead atoms. The number of carboxylic acids is 1. The minimum atomic E-state index is -0.881. The first-order valence-electron chi connectivity index (χ1n) is 3.54. The molecule has 12 heavy (non-hydrogen) atoms. The van der Waals surface area contributed by atoms with Crippen LogP contribution >= 0.6 is 11.8 Å². The van der Waals surface area contributed by atoms with Crippen LogP contribution in [0.5, 0.6) is 0 Å². The fourth-order valence-corrected chi connectivity index (χ4v) is 1.48. The van der Waals surface area contributed by atoms with Crippen molar-refractivity contribution in [3.63, 3.8) is 0 Å². The molecule has 5 nitrogen and oxygen atoms in total. The lowest BCUT2D eigenvalue weighted by molar-refractivity contribution is -0.136. The van der Waals surface area contributed by atoms with Crippen LogP contribution < -0.4 is 11.6 Å². The number of thioether (sulfide) groups is 1. The van der Waals surface area contributed by atoms with Gasteiger partial charge in [0.15, 0.2) is 5.17 Å². The van der Waals surface area contributed by atoms with Gasteiger partial charge in [-0.25, -0.2) is 0 Å². The van der Waals surface area contributed by atoms with E-state index in [1.54, 1.807) is 0 Å². The molecule has 0 rings (SSSR count). The van der Waals surface area contributed by atoms with Crippen LogP contribution in [-0.2, 0) is 4.79 Å². The Balaban J connectivity index is 4.04. The third kappa shape index (κ3) is 4.07. The van der Waals surface area contributed by atoms with Crippen molar-refractivity contribution in [2.24, 2.45) is 16.7 Å². The van der Waals surface area contributed by atoms with E-state index in [1.165, 1.54) is 0 Å². The topological polar surface area (TPSA) is 102 Å². The second-order valence-electron chi connectivity index (χ2n) is 2.20. The monoisotopic (exact) mass is 191 g/mol. The van der Waals surface area contributed by atoms with Gasteiger partial charge in [-0.2, -0.15) is 5.10 Å². The van der Waals surface area contributed by atoms with E-state index in [0.29, 0.717) is 6.42 Å². The van der Waals surface area contributed by atoms with Crippen molar-refractivity contribution < 1.29 is 9.90 Å². The summed E-state index contributed by atoms with van der Waals surface area (Å²) in [4.78, 5) is 10.6. The molecule has 0 saturated heterocycles. The molecular formula is C6H13N3O2S. The Morgan fingerprint density at radius 3 is 2.67 bits per heavy atom. The van der Waals surface area contributed by atoms with Gasteiger partial charge in [-0.1, -0.05) is 25.1 Å². The van der Waals surface area contributed by atoms with Gasteiger partial charge in [0.25, 0.3) is 0 Å². The average Bonchev–Trinajstić information content (AvgIpc) is 2.03. The second-order valence-corrected chi connectivity index (χ2v) is 3.42. The summed E-state index contributed by atoms with van der Waals surface area (Å²) in [5, 5.41) is 11.4. The number of rotatable bonds is 4. The van der Waals surface area contributed by atoms with Crippen LogP contribution in [-0.4, -0.2) is 21.5 Å². The van der Waals surface area contributed by atoms with E-state index in [4.69, 9.17) is 16.7 Å². The lowest BCUT2D eigenvalue weighted by atomic mass is 10.2. The first-order valence-corrected chi connectivity index (χ1v) is 4.42. The van der Waals surface area contributed by atoms with E-state index < -0.39 is 11.2 Å². The molecule has 0 spiro atoms. The van der Waals surface area contributed by atoms with E-state index >= 15 is 0 Å². The summed E-state index contributed by atoms with van der Waals surface area (Å²) < 4.78 is 0. The Morgan fingerprint density at radius 1 is 1.75 bits per heavy atom. The minimum absolute atomic E-state index is 0.107. The zero-order valence-corrected chi connectivity index (χ0v) is 7.67. The SMILES string of the molecule is CCCC(SC(N)=NN)C(=O)O. The van der Waals surface area contributed by atoms with Gasteiger partial charge in [0.05, 0.1) is 0 Å². The van der Waals surface area contributed by atoms with E-state index in [9.17, 15) is 4.79 Å². The van der Waals surface area contributed by atoms with Gasteiger partial charge in [0, 0.05) is 0 Å². The maximum absolute atomic E-state index is 10.6. The van der Waals surface area contributed by atoms with E-state index in [1.807, 2.05) is 6.92 Å². The van der Waals surface area contributed by atoms with Crippen molar-refractivity contribution in [2.75, 3.05) is 0 Å². The number of nitrogens with two attached hydrogens (primary N) is 2. The molecule has 0 saturated carbocycles. The molecule has 0 aliphatic rings. The van der Waals surface area contributed by atoms with Crippen LogP contribution in [0, 0.1) is 0 Å². The fraction of sp³-hybridized carbons (Fsp3) is 0.667. The summed E-state index contributed by atoms with van der Waals surface area (Å²) in [6, 6.07) is 0. The van der Waals surface area contributed by atoms with Gasteiger partial charge in [0.2, 0.25) is 0 Å². The Hall–Kier alpha value is -0.910. The summed E-state index contributed by atoms with van der Waals surface area (Å²) in [6.07, 6.45) is 1.36. The number of aliphatic carboxylic acids is 1. The number of carboxylic acid groups (broad SMARTS) is 1. The van der Waals surface area contributed by atoms with Crippen LogP contribution in [0.4, 0.5) is 0 Å². The van der Waals surface area contributed by atoms with E-state index in [-0.39, 0.29) is 5.17 Å². The molecule has 0 aliphatic heterocycles. The van der Waals surface area contributed by atoms with Crippen molar-refractivity contribution in [3.05, 3.63) is 0 Å². The lowest BCUT2D eigenvalue weighted by Crippen LogP contribution is -2.22. The number of amidine groups is 1. The second kappa shape index (κ2) is 5.70. The molecule has 1 atom stereocenters. The molecule has 70 valence electrons. The zero-order chi connectivity index (χ0) is 9.56. The molecule has 1 unspecified atom stereocenters. The highest BCUT2D eigenvalue weighted by Gasteiger charge is 2.18. The third-order valence-corrected chi connectivity index (χ3v) is 2.29. The molecule has 0 heterocycles. The smallest absolute Gasteiger partial charge is 0.317 e. The van der Waals surface area contributed by atoms with Gasteiger partial charge < -0.3 is 16.7 Å².